The van der Waals surface area contributed by atoms with Gasteiger partial charge in [0.25, 0.3) is 5.91 Å². The fraction of sp³-hybridized carbons (Fsp3) is 0.474. The molecule has 2 saturated heterocycles. The van der Waals surface area contributed by atoms with Crippen LogP contribution in [0.3, 0.4) is 0 Å². The van der Waals surface area contributed by atoms with Crippen molar-refractivity contribution < 1.29 is 14.3 Å². The molecule has 2 aromatic rings. The lowest BCUT2D eigenvalue weighted by Crippen LogP contribution is -2.30. The Morgan fingerprint density at radius 2 is 1.96 bits per heavy atom. The fourth-order valence-electron chi connectivity index (χ4n) is 3.61. The number of hydrogen-bond acceptors (Lipinski definition) is 4. The molecule has 6 heteroatoms. The Balaban J connectivity index is 1.43. The number of carbonyl (C=O) groups is 1. The molecular formula is C19H23N3O3. The predicted molar refractivity (Wildman–Crippen MR) is 92.5 cm³/mol. The number of likely N-dealkylation sites (tertiary alicyclic amines) is 1. The first kappa shape index (κ1) is 16.1. The molecule has 132 valence electrons. The Hall–Kier alpha value is -2.34. The van der Waals surface area contributed by atoms with E-state index in [1.807, 2.05) is 35.2 Å². The Kier molecular flexibility index (Phi) is 4.70. The number of ether oxygens (including phenoxy) is 2. The number of nitrogens with one attached hydrogen (secondary N) is 1. The maximum absolute atomic E-state index is 12.9. The largest absolute Gasteiger partial charge is 0.490 e. The quantitative estimate of drug-likeness (QED) is 0.928. The molecule has 0 spiro atoms. The lowest BCUT2D eigenvalue weighted by Gasteiger charge is -2.25. The highest BCUT2D eigenvalue weighted by atomic mass is 16.5. The molecule has 2 aliphatic heterocycles. The average Bonchev–Trinajstić information content (AvgIpc) is 3.34. The molecule has 2 aliphatic rings. The van der Waals surface area contributed by atoms with Crippen LogP contribution in [0.4, 0.5) is 0 Å². The van der Waals surface area contributed by atoms with Crippen molar-refractivity contribution in [3.05, 3.63) is 47.8 Å². The van der Waals surface area contributed by atoms with Gasteiger partial charge in [-0.15, -0.1) is 0 Å². The van der Waals surface area contributed by atoms with Gasteiger partial charge < -0.3 is 14.4 Å². The first-order valence-electron chi connectivity index (χ1n) is 8.96. The van der Waals surface area contributed by atoms with Gasteiger partial charge in [-0.25, -0.2) is 0 Å². The van der Waals surface area contributed by atoms with Crippen LogP contribution in [0.15, 0.2) is 36.5 Å². The number of hydrogen-bond donors (Lipinski definition) is 1. The average molecular weight is 341 g/mol. The normalized spacial score (nSPS) is 21.4. The molecular weight excluding hydrogens is 318 g/mol. The SMILES string of the molecule is O=C(c1ccc(OC2CCOCC2)cc1)N1CCCC1c1ccn[nH]1. The topological polar surface area (TPSA) is 67.5 Å². The highest BCUT2D eigenvalue weighted by molar-refractivity contribution is 5.94. The van der Waals surface area contributed by atoms with Crippen molar-refractivity contribution in [2.24, 2.45) is 0 Å². The number of aromatic nitrogens is 2. The predicted octanol–water partition coefficient (Wildman–Crippen LogP) is 2.94. The molecule has 1 aromatic heterocycles. The van der Waals surface area contributed by atoms with Crippen molar-refractivity contribution >= 4 is 5.91 Å². The van der Waals surface area contributed by atoms with Crippen LogP contribution in [0.25, 0.3) is 0 Å². The summed E-state index contributed by atoms with van der Waals surface area (Å²) in [6, 6.07) is 9.54. The van der Waals surface area contributed by atoms with E-state index in [1.165, 1.54) is 0 Å². The Bertz CT molecular complexity index is 693. The van der Waals surface area contributed by atoms with Crippen LogP contribution in [0, 0.1) is 0 Å². The minimum absolute atomic E-state index is 0.0646. The highest BCUT2D eigenvalue weighted by Gasteiger charge is 2.31. The molecule has 3 heterocycles. The van der Waals surface area contributed by atoms with E-state index in [0.717, 1.165) is 56.9 Å². The van der Waals surface area contributed by atoms with Gasteiger partial charge in [-0.3, -0.25) is 9.89 Å². The fourth-order valence-corrected chi connectivity index (χ4v) is 3.61. The van der Waals surface area contributed by atoms with Crippen molar-refractivity contribution in [2.75, 3.05) is 19.8 Å². The van der Waals surface area contributed by atoms with Crippen molar-refractivity contribution in [1.82, 2.24) is 15.1 Å². The molecule has 0 bridgehead atoms. The molecule has 1 N–H and O–H groups in total. The molecule has 1 amide bonds. The minimum atomic E-state index is 0.0646. The smallest absolute Gasteiger partial charge is 0.254 e. The van der Waals surface area contributed by atoms with Gasteiger partial charge in [0.05, 0.1) is 24.9 Å². The Labute approximate surface area is 147 Å². The summed E-state index contributed by atoms with van der Waals surface area (Å²) in [7, 11) is 0. The number of aromatic amines is 1. The second-order valence-corrected chi connectivity index (χ2v) is 6.62. The van der Waals surface area contributed by atoms with E-state index >= 15 is 0 Å². The Morgan fingerprint density at radius 3 is 2.68 bits per heavy atom. The van der Waals surface area contributed by atoms with Crippen LogP contribution in [-0.2, 0) is 4.74 Å². The van der Waals surface area contributed by atoms with Gasteiger partial charge in [0, 0.05) is 31.1 Å². The molecule has 1 atom stereocenters. The maximum Gasteiger partial charge on any atom is 0.254 e. The third-order valence-corrected chi connectivity index (χ3v) is 4.97. The zero-order valence-electron chi connectivity index (χ0n) is 14.2. The zero-order valence-corrected chi connectivity index (χ0v) is 14.2. The summed E-state index contributed by atoms with van der Waals surface area (Å²) < 4.78 is 11.3. The van der Waals surface area contributed by atoms with Gasteiger partial charge in [-0.1, -0.05) is 0 Å². The first-order valence-corrected chi connectivity index (χ1v) is 8.96. The van der Waals surface area contributed by atoms with Gasteiger partial charge in [0.15, 0.2) is 0 Å². The van der Waals surface area contributed by atoms with Crippen LogP contribution in [-0.4, -0.2) is 46.9 Å². The third kappa shape index (κ3) is 3.54. The number of amides is 1. The van der Waals surface area contributed by atoms with E-state index in [2.05, 4.69) is 10.2 Å². The van der Waals surface area contributed by atoms with E-state index in [0.29, 0.717) is 5.56 Å². The lowest BCUT2D eigenvalue weighted by atomic mass is 10.1. The second kappa shape index (κ2) is 7.27. The zero-order chi connectivity index (χ0) is 17.1. The van der Waals surface area contributed by atoms with Gasteiger partial charge in [0.2, 0.25) is 0 Å². The van der Waals surface area contributed by atoms with Crippen LogP contribution < -0.4 is 4.74 Å². The van der Waals surface area contributed by atoms with Crippen molar-refractivity contribution in [3.63, 3.8) is 0 Å². The van der Waals surface area contributed by atoms with E-state index in [4.69, 9.17) is 9.47 Å². The summed E-state index contributed by atoms with van der Waals surface area (Å²) in [4.78, 5) is 14.8. The van der Waals surface area contributed by atoms with Gasteiger partial charge in [0.1, 0.15) is 11.9 Å². The lowest BCUT2D eigenvalue weighted by molar-refractivity contribution is 0.0256. The molecule has 25 heavy (non-hydrogen) atoms. The van der Waals surface area contributed by atoms with Gasteiger partial charge >= 0.3 is 0 Å². The van der Waals surface area contributed by atoms with Crippen LogP contribution in [0.2, 0.25) is 0 Å². The number of nitrogens with zero attached hydrogens (tertiary/aromatic N) is 2. The molecule has 1 unspecified atom stereocenters. The van der Waals surface area contributed by atoms with Gasteiger partial charge in [-0.05, 0) is 43.2 Å². The van der Waals surface area contributed by atoms with Crippen molar-refractivity contribution in [1.29, 1.82) is 0 Å². The summed E-state index contributed by atoms with van der Waals surface area (Å²) in [5, 5.41) is 7.01. The van der Waals surface area contributed by atoms with E-state index in [-0.39, 0.29) is 18.1 Å². The summed E-state index contributed by atoms with van der Waals surface area (Å²) in [5.74, 6) is 0.879. The van der Waals surface area contributed by atoms with Crippen molar-refractivity contribution in [2.45, 2.75) is 37.8 Å². The summed E-state index contributed by atoms with van der Waals surface area (Å²) in [5.41, 5.74) is 1.70. The highest BCUT2D eigenvalue weighted by Crippen LogP contribution is 2.32. The molecule has 1 aromatic carbocycles. The first-order chi connectivity index (χ1) is 12.3. The number of H-pyrrole nitrogens is 1. The number of benzene rings is 1. The summed E-state index contributed by atoms with van der Waals surface area (Å²) in [6.07, 6.45) is 5.76. The molecule has 0 saturated carbocycles. The van der Waals surface area contributed by atoms with Crippen LogP contribution in [0.1, 0.15) is 47.8 Å². The second-order valence-electron chi connectivity index (χ2n) is 6.62. The third-order valence-electron chi connectivity index (χ3n) is 4.97. The van der Waals surface area contributed by atoms with Crippen LogP contribution in [0.5, 0.6) is 5.75 Å². The Morgan fingerprint density at radius 1 is 1.16 bits per heavy atom. The standard InChI is InChI=1S/C19H23N3O3/c23-19(22-11-1-2-18(22)17-7-10-20-21-17)14-3-5-15(6-4-14)25-16-8-12-24-13-9-16/h3-7,10,16,18H,1-2,8-9,11-13H2,(H,20,21). The molecule has 2 fully saturated rings. The molecule has 0 aliphatic carbocycles. The van der Waals surface area contributed by atoms with Gasteiger partial charge in [-0.2, -0.15) is 5.10 Å². The van der Waals surface area contributed by atoms with Crippen molar-refractivity contribution in [3.8, 4) is 5.75 Å². The van der Waals surface area contributed by atoms with E-state index in [1.54, 1.807) is 6.20 Å². The minimum Gasteiger partial charge on any atom is -0.490 e. The summed E-state index contributed by atoms with van der Waals surface area (Å²) in [6.45, 7) is 2.29. The van der Waals surface area contributed by atoms with E-state index in [9.17, 15) is 4.79 Å². The van der Waals surface area contributed by atoms with E-state index < -0.39 is 0 Å². The maximum atomic E-state index is 12.9. The molecule has 0 radical (unpaired) electrons. The summed E-state index contributed by atoms with van der Waals surface area (Å²) >= 11 is 0. The number of rotatable bonds is 4. The molecule has 4 rings (SSSR count). The number of carbonyl (C=O) groups excluding carboxylic acids is 1. The monoisotopic (exact) mass is 341 g/mol. The molecule has 6 nitrogen and oxygen atoms in total. The van der Waals surface area contributed by atoms with Crippen LogP contribution >= 0.6 is 0 Å².